The van der Waals surface area contributed by atoms with Gasteiger partial charge in [-0.05, 0) is 25.7 Å². The van der Waals surface area contributed by atoms with Gasteiger partial charge >= 0.3 is 0 Å². The van der Waals surface area contributed by atoms with E-state index in [2.05, 4.69) is 19.1 Å². The molecular weight excluding hydrogens is 256 g/mol. The monoisotopic (exact) mass is 296 g/mol. The van der Waals surface area contributed by atoms with Gasteiger partial charge in [0.25, 0.3) is 0 Å². The second-order valence-electron chi connectivity index (χ2n) is 6.37. The zero-order valence-electron chi connectivity index (χ0n) is 14.6. The van der Waals surface area contributed by atoms with Gasteiger partial charge in [-0.15, -0.1) is 0 Å². The number of allylic oxidation sites excluding steroid dienone is 2. The van der Waals surface area contributed by atoms with Crippen LogP contribution >= 0.6 is 0 Å². The molecule has 0 aliphatic rings. The molecule has 0 radical (unpaired) electrons. The Balaban J connectivity index is 2.98. The summed E-state index contributed by atoms with van der Waals surface area (Å²) in [6.45, 7) is 2.62. The first kappa shape index (κ1) is 20.7. The maximum absolute atomic E-state index is 8.69. The smallest absolute Gasteiger partial charge is 0.0431 e. The maximum atomic E-state index is 8.69. The molecular formula is C20H40O. The third kappa shape index (κ3) is 19.7. The highest BCUT2D eigenvalue weighted by Crippen LogP contribution is 2.12. The lowest BCUT2D eigenvalue weighted by Crippen LogP contribution is -1.84. The van der Waals surface area contributed by atoms with E-state index in [-0.39, 0.29) is 0 Å². The van der Waals surface area contributed by atoms with Crippen LogP contribution in [0.2, 0.25) is 0 Å². The minimum Gasteiger partial charge on any atom is -0.396 e. The van der Waals surface area contributed by atoms with Gasteiger partial charge in [0.2, 0.25) is 0 Å². The van der Waals surface area contributed by atoms with Crippen molar-refractivity contribution in [2.45, 2.75) is 110 Å². The van der Waals surface area contributed by atoms with Crippen molar-refractivity contribution in [1.29, 1.82) is 0 Å². The summed E-state index contributed by atoms with van der Waals surface area (Å²) < 4.78 is 0. The molecule has 0 amide bonds. The first-order chi connectivity index (χ1) is 10.4. The molecule has 1 N–H and O–H groups in total. The van der Waals surface area contributed by atoms with E-state index in [1.807, 2.05) is 0 Å². The zero-order chi connectivity index (χ0) is 15.4. The van der Waals surface area contributed by atoms with Crippen molar-refractivity contribution in [3.05, 3.63) is 12.2 Å². The van der Waals surface area contributed by atoms with Crippen molar-refractivity contribution in [2.24, 2.45) is 0 Å². The summed E-state index contributed by atoms with van der Waals surface area (Å²) in [5, 5.41) is 8.69. The Kier molecular flexibility index (Phi) is 19.4. The fourth-order valence-electron chi connectivity index (χ4n) is 2.70. The standard InChI is InChI=1S/C20H40O/c1-2-3-4-5-6-7-8-9-10-11-12-13-14-15-16-17-18-19-20-21/h5-6,21H,2-4,7-20H2,1H3. The predicted molar refractivity (Wildman–Crippen MR) is 95.8 cm³/mol. The highest BCUT2D eigenvalue weighted by atomic mass is 16.2. The van der Waals surface area contributed by atoms with Gasteiger partial charge in [-0.25, -0.2) is 0 Å². The van der Waals surface area contributed by atoms with Gasteiger partial charge in [0.05, 0.1) is 0 Å². The van der Waals surface area contributed by atoms with Gasteiger partial charge in [-0.3, -0.25) is 0 Å². The van der Waals surface area contributed by atoms with Crippen LogP contribution in [0.5, 0.6) is 0 Å². The molecule has 0 aliphatic carbocycles. The Morgan fingerprint density at radius 2 is 0.905 bits per heavy atom. The van der Waals surface area contributed by atoms with Crippen LogP contribution in [0.3, 0.4) is 0 Å². The largest absolute Gasteiger partial charge is 0.396 e. The summed E-state index contributed by atoms with van der Waals surface area (Å²) in [5.41, 5.74) is 0. The van der Waals surface area contributed by atoms with E-state index in [4.69, 9.17) is 5.11 Å². The lowest BCUT2D eigenvalue weighted by atomic mass is 10.0. The van der Waals surface area contributed by atoms with Crippen molar-refractivity contribution in [1.82, 2.24) is 0 Å². The van der Waals surface area contributed by atoms with Crippen molar-refractivity contribution in [3.8, 4) is 0 Å². The quantitative estimate of drug-likeness (QED) is 0.231. The Bertz CT molecular complexity index is 198. The zero-order valence-corrected chi connectivity index (χ0v) is 14.6. The highest BCUT2D eigenvalue weighted by Gasteiger charge is 1.93. The molecule has 0 saturated carbocycles. The van der Waals surface area contributed by atoms with Gasteiger partial charge in [0.1, 0.15) is 0 Å². The minimum absolute atomic E-state index is 0.370. The minimum atomic E-state index is 0.370. The molecule has 0 fully saturated rings. The molecule has 0 aromatic rings. The highest BCUT2D eigenvalue weighted by molar-refractivity contribution is 4.81. The van der Waals surface area contributed by atoms with E-state index in [9.17, 15) is 0 Å². The summed E-state index contributed by atoms with van der Waals surface area (Å²) in [4.78, 5) is 0. The molecule has 0 rings (SSSR count). The predicted octanol–water partition coefficient (Wildman–Crippen LogP) is 6.80. The molecule has 1 nitrogen and oxygen atoms in total. The Morgan fingerprint density at radius 3 is 1.33 bits per heavy atom. The molecule has 0 bridgehead atoms. The van der Waals surface area contributed by atoms with Crippen LogP contribution in [0.1, 0.15) is 110 Å². The van der Waals surface area contributed by atoms with Crippen LogP contribution in [0.4, 0.5) is 0 Å². The molecule has 21 heavy (non-hydrogen) atoms. The molecule has 126 valence electrons. The molecule has 0 heterocycles. The second-order valence-corrected chi connectivity index (χ2v) is 6.37. The number of rotatable bonds is 17. The molecule has 0 aliphatic heterocycles. The van der Waals surface area contributed by atoms with E-state index in [0.717, 1.165) is 6.42 Å². The lowest BCUT2D eigenvalue weighted by molar-refractivity contribution is 0.282. The van der Waals surface area contributed by atoms with Gasteiger partial charge in [-0.1, -0.05) is 96.1 Å². The average Bonchev–Trinajstić information content (AvgIpc) is 2.50. The lowest BCUT2D eigenvalue weighted by Gasteiger charge is -2.02. The Hall–Kier alpha value is -0.300. The number of unbranched alkanes of at least 4 members (excludes halogenated alkanes) is 14. The van der Waals surface area contributed by atoms with Crippen LogP contribution in [0.25, 0.3) is 0 Å². The number of aliphatic hydroxyl groups is 1. The molecule has 0 unspecified atom stereocenters. The van der Waals surface area contributed by atoms with Crippen LogP contribution < -0.4 is 0 Å². The topological polar surface area (TPSA) is 20.2 Å². The van der Waals surface area contributed by atoms with Crippen molar-refractivity contribution >= 4 is 0 Å². The van der Waals surface area contributed by atoms with Crippen LogP contribution in [0.15, 0.2) is 12.2 Å². The SMILES string of the molecule is CCCCC=CCCCCCCCCCCCCCCO. The summed E-state index contributed by atoms with van der Waals surface area (Å²) in [7, 11) is 0. The van der Waals surface area contributed by atoms with E-state index in [1.165, 1.54) is 96.3 Å². The first-order valence-corrected chi connectivity index (χ1v) is 9.67. The van der Waals surface area contributed by atoms with Crippen molar-refractivity contribution < 1.29 is 5.11 Å². The second kappa shape index (κ2) is 19.7. The maximum Gasteiger partial charge on any atom is 0.0431 e. The summed E-state index contributed by atoms with van der Waals surface area (Å²) >= 11 is 0. The van der Waals surface area contributed by atoms with Crippen LogP contribution in [0, 0.1) is 0 Å². The number of hydrogen-bond acceptors (Lipinski definition) is 1. The third-order valence-corrected chi connectivity index (χ3v) is 4.17. The van der Waals surface area contributed by atoms with Gasteiger partial charge in [0.15, 0.2) is 0 Å². The van der Waals surface area contributed by atoms with Crippen LogP contribution in [-0.4, -0.2) is 11.7 Å². The van der Waals surface area contributed by atoms with Gasteiger partial charge < -0.3 is 5.11 Å². The van der Waals surface area contributed by atoms with Crippen molar-refractivity contribution in [3.63, 3.8) is 0 Å². The summed E-state index contributed by atoms with van der Waals surface area (Å²) in [5.74, 6) is 0. The van der Waals surface area contributed by atoms with Crippen LogP contribution in [-0.2, 0) is 0 Å². The third-order valence-electron chi connectivity index (χ3n) is 4.17. The fourth-order valence-corrected chi connectivity index (χ4v) is 2.70. The summed E-state index contributed by atoms with van der Waals surface area (Å²) in [6.07, 6.45) is 26.2. The normalized spacial score (nSPS) is 11.5. The fraction of sp³-hybridized carbons (Fsp3) is 0.900. The molecule has 0 spiro atoms. The Labute approximate surface area is 134 Å². The molecule has 0 aromatic carbocycles. The molecule has 0 atom stereocenters. The average molecular weight is 297 g/mol. The van der Waals surface area contributed by atoms with Crippen molar-refractivity contribution in [2.75, 3.05) is 6.61 Å². The van der Waals surface area contributed by atoms with Gasteiger partial charge in [-0.2, -0.15) is 0 Å². The molecule has 1 heteroatoms. The van der Waals surface area contributed by atoms with E-state index in [0.29, 0.717) is 6.61 Å². The first-order valence-electron chi connectivity index (χ1n) is 9.67. The van der Waals surface area contributed by atoms with E-state index >= 15 is 0 Å². The van der Waals surface area contributed by atoms with E-state index < -0.39 is 0 Å². The van der Waals surface area contributed by atoms with E-state index in [1.54, 1.807) is 0 Å². The number of aliphatic hydroxyl groups excluding tert-OH is 1. The van der Waals surface area contributed by atoms with Gasteiger partial charge in [0, 0.05) is 6.61 Å². The molecule has 0 aromatic heterocycles. The summed E-state index contributed by atoms with van der Waals surface area (Å²) in [6, 6.07) is 0. The Morgan fingerprint density at radius 1 is 0.524 bits per heavy atom. The molecule has 0 saturated heterocycles. The number of hydrogen-bond donors (Lipinski definition) is 1.